The Hall–Kier alpha value is -4.58. The Balaban J connectivity index is 1.75. The van der Waals surface area contributed by atoms with Crippen LogP contribution in [0.3, 0.4) is 0 Å². The van der Waals surface area contributed by atoms with Gasteiger partial charge in [-0.2, -0.15) is 0 Å². The standard InChI is InChI=1S/C27H24N2O9S/c1-13-24(26(33)36-4)39-27(28-13)29-20(15-6-5-7-17(34-2)23(15)35-3)19(22(31)25(29)32)21(30)14-8-9-16-18(12-14)38-11-10-37-16/h5-9,12,20,30H,10-11H2,1-4H3/b21-19-. The second-order valence-electron chi connectivity index (χ2n) is 8.51. The van der Waals surface area contributed by atoms with Crippen LogP contribution >= 0.6 is 11.3 Å². The number of ether oxygens (including phenoxy) is 5. The van der Waals surface area contributed by atoms with Gasteiger partial charge in [-0.15, -0.1) is 0 Å². The van der Waals surface area contributed by atoms with E-state index in [1.165, 1.54) is 21.3 Å². The van der Waals surface area contributed by atoms with E-state index in [0.29, 0.717) is 41.7 Å². The van der Waals surface area contributed by atoms with Crippen LogP contribution in [0.5, 0.6) is 23.0 Å². The van der Waals surface area contributed by atoms with Crippen LogP contribution in [0.4, 0.5) is 5.13 Å². The van der Waals surface area contributed by atoms with E-state index in [0.717, 1.165) is 16.2 Å². The van der Waals surface area contributed by atoms with Crippen LogP contribution in [-0.4, -0.2) is 62.3 Å². The number of aliphatic hydroxyl groups is 1. The van der Waals surface area contributed by atoms with E-state index in [1.807, 2.05) is 0 Å². The van der Waals surface area contributed by atoms with Crippen molar-refractivity contribution in [3.05, 3.63) is 63.7 Å². The molecule has 0 aliphatic carbocycles. The zero-order valence-corrected chi connectivity index (χ0v) is 22.3. The van der Waals surface area contributed by atoms with Gasteiger partial charge in [0.15, 0.2) is 28.1 Å². The number of Topliss-reactive ketones (excluding diaryl/α,β-unsaturated/α-hetero) is 1. The van der Waals surface area contributed by atoms with Crippen LogP contribution in [0.1, 0.15) is 32.5 Å². The predicted octanol–water partition coefficient (Wildman–Crippen LogP) is 3.65. The minimum Gasteiger partial charge on any atom is -0.507 e. The van der Waals surface area contributed by atoms with Crippen LogP contribution in [-0.2, 0) is 14.3 Å². The molecule has 2 aliphatic heterocycles. The van der Waals surface area contributed by atoms with Gasteiger partial charge in [0, 0.05) is 11.1 Å². The van der Waals surface area contributed by atoms with Gasteiger partial charge in [-0.05, 0) is 31.2 Å². The zero-order chi connectivity index (χ0) is 27.8. The highest BCUT2D eigenvalue weighted by molar-refractivity contribution is 7.17. The first kappa shape index (κ1) is 26.0. The van der Waals surface area contributed by atoms with Crippen LogP contribution in [0, 0.1) is 6.92 Å². The molecule has 1 N–H and O–H groups in total. The van der Waals surface area contributed by atoms with Gasteiger partial charge in [-0.25, -0.2) is 9.78 Å². The van der Waals surface area contributed by atoms with Gasteiger partial charge in [-0.3, -0.25) is 14.5 Å². The third-order valence-electron chi connectivity index (χ3n) is 6.35. The summed E-state index contributed by atoms with van der Waals surface area (Å²) < 4.78 is 27.1. The Morgan fingerprint density at radius 2 is 1.82 bits per heavy atom. The number of para-hydroxylation sites is 1. The topological polar surface area (TPSA) is 134 Å². The summed E-state index contributed by atoms with van der Waals surface area (Å²) in [6.45, 7) is 2.31. The summed E-state index contributed by atoms with van der Waals surface area (Å²) in [6, 6.07) is 8.56. The number of aryl methyl sites for hydroxylation is 1. The number of nitrogens with zero attached hydrogens (tertiary/aromatic N) is 2. The summed E-state index contributed by atoms with van der Waals surface area (Å²) in [5.74, 6) is -1.43. The van der Waals surface area contributed by atoms with Gasteiger partial charge < -0.3 is 28.8 Å². The number of aromatic nitrogens is 1. The molecular formula is C27H24N2O9S. The minimum absolute atomic E-state index is 0.0751. The SMILES string of the molecule is COC(=O)c1sc(N2C(=O)C(=O)/C(=C(\O)c3ccc4c(c3)OCCO4)C2c2cccc(OC)c2OC)nc1C. The number of methoxy groups -OCH3 is 3. The van der Waals surface area contributed by atoms with E-state index in [9.17, 15) is 19.5 Å². The van der Waals surface area contributed by atoms with Gasteiger partial charge in [0.1, 0.15) is 29.9 Å². The van der Waals surface area contributed by atoms with Crippen LogP contribution in [0.2, 0.25) is 0 Å². The highest BCUT2D eigenvalue weighted by Gasteiger charge is 2.49. The Bertz CT molecular complexity index is 1530. The lowest BCUT2D eigenvalue weighted by Gasteiger charge is -2.25. The van der Waals surface area contributed by atoms with Gasteiger partial charge in [0.2, 0.25) is 0 Å². The molecule has 0 saturated carbocycles. The lowest BCUT2D eigenvalue weighted by Crippen LogP contribution is -2.29. The molecular weight excluding hydrogens is 528 g/mol. The maximum atomic E-state index is 13.6. The van der Waals surface area contributed by atoms with Crippen molar-refractivity contribution < 1.29 is 43.2 Å². The second-order valence-corrected chi connectivity index (χ2v) is 9.49. The van der Waals surface area contributed by atoms with Crippen LogP contribution < -0.4 is 23.8 Å². The Kier molecular flexibility index (Phi) is 6.87. The van der Waals surface area contributed by atoms with Crippen LogP contribution in [0.25, 0.3) is 5.76 Å². The van der Waals surface area contributed by atoms with Crippen molar-refractivity contribution in [1.29, 1.82) is 0 Å². The van der Waals surface area contributed by atoms with E-state index >= 15 is 0 Å². The van der Waals surface area contributed by atoms with Gasteiger partial charge in [0.25, 0.3) is 5.78 Å². The number of esters is 1. The molecule has 1 saturated heterocycles. The quantitative estimate of drug-likeness (QED) is 0.209. The molecule has 1 fully saturated rings. The molecule has 11 nitrogen and oxygen atoms in total. The molecule has 1 amide bonds. The molecule has 1 unspecified atom stereocenters. The summed E-state index contributed by atoms with van der Waals surface area (Å²) in [6.07, 6.45) is 0. The average molecular weight is 553 g/mol. The van der Waals surface area contributed by atoms with Crippen molar-refractivity contribution in [2.75, 3.05) is 39.4 Å². The zero-order valence-electron chi connectivity index (χ0n) is 21.5. The number of carbonyl (C=O) groups is 3. The van der Waals surface area contributed by atoms with E-state index in [1.54, 1.807) is 43.3 Å². The fourth-order valence-electron chi connectivity index (χ4n) is 4.56. The lowest BCUT2D eigenvalue weighted by atomic mass is 9.94. The maximum Gasteiger partial charge on any atom is 0.350 e. The molecule has 39 heavy (non-hydrogen) atoms. The first-order chi connectivity index (χ1) is 18.8. The fraction of sp³-hybridized carbons (Fsp3) is 0.259. The molecule has 3 heterocycles. The smallest absolute Gasteiger partial charge is 0.350 e. The molecule has 5 rings (SSSR count). The molecule has 2 aliphatic rings. The molecule has 202 valence electrons. The van der Waals surface area contributed by atoms with Crippen molar-refractivity contribution >= 4 is 39.9 Å². The largest absolute Gasteiger partial charge is 0.507 e. The number of rotatable bonds is 6. The highest BCUT2D eigenvalue weighted by Crippen LogP contribution is 2.48. The van der Waals surface area contributed by atoms with Crippen molar-refractivity contribution in [1.82, 2.24) is 4.98 Å². The number of ketones is 1. The summed E-state index contributed by atoms with van der Waals surface area (Å²) in [5, 5.41) is 11.6. The maximum absolute atomic E-state index is 13.6. The molecule has 0 bridgehead atoms. The number of fused-ring (bicyclic) bond motifs is 1. The summed E-state index contributed by atoms with van der Waals surface area (Å²) in [7, 11) is 4.12. The number of anilines is 1. The van der Waals surface area contributed by atoms with E-state index in [2.05, 4.69) is 4.98 Å². The first-order valence-electron chi connectivity index (χ1n) is 11.8. The number of hydrogen-bond donors (Lipinski definition) is 1. The first-order valence-corrected chi connectivity index (χ1v) is 12.6. The Morgan fingerprint density at radius 3 is 2.51 bits per heavy atom. The molecule has 3 aromatic rings. The Labute approximate surface area is 227 Å². The molecule has 12 heteroatoms. The molecule has 0 spiro atoms. The molecule has 2 aromatic carbocycles. The van der Waals surface area contributed by atoms with Crippen molar-refractivity contribution in [3.8, 4) is 23.0 Å². The third-order valence-corrected chi connectivity index (χ3v) is 7.49. The van der Waals surface area contributed by atoms with Crippen molar-refractivity contribution in [3.63, 3.8) is 0 Å². The van der Waals surface area contributed by atoms with Gasteiger partial charge in [0.05, 0.1) is 32.6 Å². The molecule has 1 atom stereocenters. The number of hydrogen-bond acceptors (Lipinski definition) is 11. The van der Waals surface area contributed by atoms with Crippen molar-refractivity contribution in [2.45, 2.75) is 13.0 Å². The number of thiazole rings is 1. The molecule has 0 radical (unpaired) electrons. The third kappa shape index (κ3) is 4.32. The van der Waals surface area contributed by atoms with Crippen LogP contribution in [0.15, 0.2) is 42.0 Å². The number of aliphatic hydroxyl groups excluding tert-OH is 1. The fourth-order valence-corrected chi connectivity index (χ4v) is 5.58. The monoisotopic (exact) mass is 552 g/mol. The van der Waals surface area contributed by atoms with Gasteiger partial charge >= 0.3 is 11.9 Å². The summed E-state index contributed by atoms with van der Waals surface area (Å²) >= 11 is 0.900. The lowest BCUT2D eigenvalue weighted by molar-refractivity contribution is -0.132. The van der Waals surface area contributed by atoms with Crippen molar-refractivity contribution in [2.24, 2.45) is 0 Å². The van der Waals surface area contributed by atoms with E-state index < -0.39 is 29.5 Å². The summed E-state index contributed by atoms with van der Waals surface area (Å²) in [4.78, 5) is 45.1. The van der Waals surface area contributed by atoms with Gasteiger partial charge in [-0.1, -0.05) is 23.5 Å². The highest BCUT2D eigenvalue weighted by atomic mass is 32.1. The minimum atomic E-state index is -1.17. The molecule has 1 aromatic heterocycles. The normalized spacial score (nSPS) is 17.7. The summed E-state index contributed by atoms with van der Waals surface area (Å²) in [5.41, 5.74) is 0.736. The number of carbonyl (C=O) groups excluding carboxylic acids is 3. The number of amides is 1. The van der Waals surface area contributed by atoms with E-state index in [4.69, 9.17) is 23.7 Å². The predicted molar refractivity (Wildman–Crippen MR) is 140 cm³/mol. The second kappa shape index (κ2) is 10.3. The number of benzene rings is 2. The van der Waals surface area contributed by atoms with E-state index in [-0.39, 0.29) is 26.9 Å². The Morgan fingerprint density at radius 1 is 1.08 bits per heavy atom. The average Bonchev–Trinajstić information content (AvgIpc) is 3.47.